The minimum absolute atomic E-state index is 0.0796. The molecule has 34 heteroatoms. The third-order valence-electron chi connectivity index (χ3n) is 11.5. The summed E-state index contributed by atoms with van der Waals surface area (Å²) in [5, 5.41) is 61.3. The van der Waals surface area contributed by atoms with Crippen molar-refractivity contribution in [3.63, 3.8) is 0 Å². The summed E-state index contributed by atoms with van der Waals surface area (Å²) in [5.74, 6) is -15.9. The summed E-state index contributed by atoms with van der Waals surface area (Å²) in [6, 6.07) is -5.98. The van der Waals surface area contributed by atoms with Gasteiger partial charge in [0.05, 0.1) is 34.1 Å². The standard InChI is InChI=1S/C46H62N14O20/c47-15-3-1-5-27-43(71)57-31(41(69)51-19-35(49)61)21-79-33-11-7-24(60(77)78)18-26(33)40(68)54-30(10-14-38(65)66)46(74)56-28(6-2-4-16-48)44(72)58-32(42(70)52-20-36(50)62)22-80-34-12-8-23(59(75)76)17-25(34)39(67)53-29(45(73)55-27)9-13-37(63)64/h7-8,11-12,17-18,27-32H,1-6,9-10,13-16,19-22,47-48H2,(H2,49,61)(H2,50,62)(H,51,69)(H,52,70)(H,53,67)(H,54,68)(H,55,73)(H,56,74)(H,57,71)(H,58,72)(H,63,64)(H,65,66)/t27-,28-,29+,30+,31?,32?/m1/s1. The second-order valence-corrected chi connectivity index (χ2v) is 17.6. The SMILES string of the molecule is NCCCC[C@H]1NC(=O)[C@H](CCC(=O)O)NC(=O)c2cc([N+](=O)[O-])ccc2OCC(C(=O)NCC(N)=O)NC(=O)[C@@H](CCCCN)NC(=O)[C@H](CCC(=O)O)NC(=O)c2cc([N+](=O)[O-])ccc2OCC(C(=O)NCC(N)=O)NC1=O. The number of nitro benzene ring substituents is 2. The second-order valence-electron chi connectivity index (χ2n) is 17.6. The number of carbonyl (C=O) groups is 12. The topological polar surface area (TPSA) is 550 Å². The summed E-state index contributed by atoms with van der Waals surface area (Å²) in [4.78, 5) is 181. The summed E-state index contributed by atoms with van der Waals surface area (Å²) in [5.41, 5.74) is 18.9. The van der Waals surface area contributed by atoms with Crippen LogP contribution in [-0.4, -0.2) is 167 Å². The number of amides is 10. The van der Waals surface area contributed by atoms with E-state index in [1.807, 2.05) is 0 Å². The van der Waals surface area contributed by atoms with E-state index in [2.05, 4.69) is 42.5 Å². The highest BCUT2D eigenvalue weighted by molar-refractivity contribution is 6.03. The molecule has 2 aromatic rings. The number of carboxylic acid groups (broad SMARTS) is 2. The van der Waals surface area contributed by atoms with Crippen LogP contribution in [0.4, 0.5) is 11.4 Å². The minimum atomic E-state index is -1.89. The number of ether oxygens (including phenoxy) is 2. The van der Waals surface area contributed by atoms with E-state index in [0.29, 0.717) is 12.1 Å². The van der Waals surface area contributed by atoms with Crippen molar-refractivity contribution in [1.29, 1.82) is 0 Å². The summed E-state index contributed by atoms with van der Waals surface area (Å²) >= 11 is 0. The van der Waals surface area contributed by atoms with Gasteiger partial charge in [0.1, 0.15) is 61.0 Å². The first-order valence-electron chi connectivity index (χ1n) is 24.5. The van der Waals surface area contributed by atoms with Crippen molar-refractivity contribution in [2.24, 2.45) is 22.9 Å². The predicted octanol–water partition coefficient (Wildman–Crippen LogP) is -4.70. The van der Waals surface area contributed by atoms with Crippen molar-refractivity contribution in [1.82, 2.24) is 42.5 Å². The number of nitrogens with zero attached hydrogens (tertiary/aromatic N) is 2. The highest BCUT2D eigenvalue weighted by Crippen LogP contribution is 2.27. The number of hydrogen-bond donors (Lipinski definition) is 14. The van der Waals surface area contributed by atoms with Gasteiger partial charge in [-0.25, -0.2) is 0 Å². The summed E-state index contributed by atoms with van der Waals surface area (Å²) in [6.45, 7) is -3.42. The van der Waals surface area contributed by atoms with Gasteiger partial charge in [-0.05, 0) is 76.6 Å². The van der Waals surface area contributed by atoms with E-state index < -0.39 is 203 Å². The maximum atomic E-state index is 14.2. The number of carbonyl (C=O) groups excluding carboxylic acids is 10. The largest absolute Gasteiger partial charge is 0.490 e. The predicted molar refractivity (Wildman–Crippen MR) is 271 cm³/mol. The average Bonchev–Trinajstić information content (AvgIpc) is 3.40. The fraction of sp³-hybridized carbons (Fsp3) is 0.478. The molecule has 0 radical (unpaired) electrons. The van der Waals surface area contributed by atoms with Crippen molar-refractivity contribution in [3.8, 4) is 11.5 Å². The Morgan fingerprint density at radius 2 is 0.875 bits per heavy atom. The fourth-order valence-electron chi connectivity index (χ4n) is 7.33. The first kappa shape index (κ1) is 64.7. The number of primary amides is 2. The molecule has 0 saturated heterocycles. The zero-order valence-corrected chi connectivity index (χ0v) is 42.7. The highest BCUT2D eigenvalue weighted by atomic mass is 16.6. The van der Waals surface area contributed by atoms with E-state index >= 15 is 0 Å². The van der Waals surface area contributed by atoms with Crippen LogP contribution in [0.2, 0.25) is 0 Å². The zero-order chi connectivity index (χ0) is 59.6. The number of nitrogens with two attached hydrogens (primary N) is 4. The van der Waals surface area contributed by atoms with Crippen molar-refractivity contribution >= 4 is 82.4 Å². The molecule has 10 amide bonds. The summed E-state index contributed by atoms with van der Waals surface area (Å²) in [7, 11) is 0. The third-order valence-corrected chi connectivity index (χ3v) is 11.5. The van der Waals surface area contributed by atoms with E-state index in [1.54, 1.807) is 0 Å². The van der Waals surface area contributed by atoms with Crippen LogP contribution in [0.1, 0.15) is 84.9 Å². The van der Waals surface area contributed by atoms with Gasteiger partial charge in [-0.3, -0.25) is 77.8 Å². The molecule has 0 aliphatic carbocycles. The second kappa shape index (κ2) is 32.2. The van der Waals surface area contributed by atoms with Crippen molar-refractivity contribution in [2.75, 3.05) is 39.4 Å². The molecule has 1 aliphatic heterocycles. The van der Waals surface area contributed by atoms with E-state index in [9.17, 15) is 88.0 Å². The Labute approximate surface area is 453 Å². The monoisotopic (exact) mass is 1130 g/mol. The van der Waals surface area contributed by atoms with Crippen LogP contribution in [0.15, 0.2) is 36.4 Å². The molecule has 0 saturated carbocycles. The molecule has 6 atom stereocenters. The Bertz CT molecular complexity index is 2500. The number of hydrogen-bond acceptors (Lipinski definition) is 20. The van der Waals surface area contributed by atoms with Gasteiger partial charge >= 0.3 is 11.9 Å². The summed E-state index contributed by atoms with van der Waals surface area (Å²) in [6.07, 6.45) is -2.79. The Hall–Kier alpha value is -9.60. The van der Waals surface area contributed by atoms with E-state index in [0.717, 1.165) is 24.3 Å². The quantitative estimate of drug-likeness (QED) is 0.0299. The molecule has 2 unspecified atom stereocenters. The molecule has 1 aliphatic rings. The minimum Gasteiger partial charge on any atom is -0.490 e. The molecular weight excluding hydrogens is 1070 g/mol. The number of unbranched alkanes of at least 4 members (excludes halogenated alkanes) is 2. The van der Waals surface area contributed by atoms with Crippen LogP contribution >= 0.6 is 0 Å². The van der Waals surface area contributed by atoms with E-state index in [-0.39, 0.29) is 51.6 Å². The van der Waals surface area contributed by atoms with Crippen molar-refractivity contribution < 1.29 is 87.1 Å². The Kier molecular flexibility index (Phi) is 26.0. The van der Waals surface area contributed by atoms with Crippen LogP contribution in [0.5, 0.6) is 11.5 Å². The molecule has 2 aromatic carbocycles. The number of nitrogens with one attached hydrogen (secondary N) is 8. The van der Waals surface area contributed by atoms with Crippen LogP contribution < -0.4 is 74.9 Å². The number of rotatable bonds is 22. The highest BCUT2D eigenvalue weighted by Gasteiger charge is 2.35. The van der Waals surface area contributed by atoms with Gasteiger partial charge in [0.25, 0.3) is 23.2 Å². The number of nitro groups is 2. The molecule has 0 spiro atoms. The average molecular weight is 1130 g/mol. The first-order valence-corrected chi connectivity index (χ1v) is 24.5. The Morgan fingerprint density at radius 3 is 1.19 bits per heavy atom. The third kappa shape index (κ3) is 21.4. The van der Waals surface area contributed by atoms with Crippen molar-refractivity contribution in [2.45, 2.75) is 100 Å². The molecule has 1 heterocycles. The van der Waals surface area contributed by atoms with Gasteiger partial charge in [0.2, 0.25) is 47.3 Å². The van der Waals surface area contributed by atoms with Crippen LogP contribution in [-0.2, 0) is 47.9 Å². The lowest BCUT2D eigenvalue weighted by Crippen LogP contribution is -2.58. The number of benzene rings is 2. The zero-order valence-electron chi connectivity index (χ0n) is 42.7. The molecule has 80 heavy (non-hydrogen) atoms. The number of aliphatic carboxylic acids is 2. The lowest BCUT2D eigenvalue weighted by Gasteiger charge is -2.26. The number of non-ortho nitro benzene ring substituents is 2. The number of fused-ring (bicyclic) bond motifs is 2. The van der Waals surface area contributed by atoms with E-state index in [4.69, 9.17) is 32.4 Å². The normalized spacial score (nSPS) is 19.6. The fourth-order valence-corrected chi connectivity index (χ4v) is 7.33. The lowest BCUT2D eigenvalue weighted by molar-refractivity contribution is -0.385. The van der Waals surface area contributed by atoms with Crippen LogP contribution in [0.25, 0.3) is 0 Å². The first-order chi connectivity index (χ1) is 37.8. The van der Waals surface area contributed by atoms with Gasteiger partial charge in [-0.15, -0.1) is 0 Å². The van der Waals surface area contributed by atoms with Crippen LogP contribution in [0, 0.1) is 20.2 Å². The molecular formula is C46H62N14O20. The van der Waals surface area contributed by atoms with E-state index in [1.165, 1.54) is 0 Å². The molecule has 3 rings (SSSR count). The molecule has 436 valence electrons. The Balaban J connectivity index is 2.36. The van der Waals surface area contributed by atoms with Crippen molar-refractivity contribution in [3.05, 3.63) is 67.8 Å². The molecule has 34 nitrogen and oxygen atoms in total. The van der Waals surface area contributed by atoms with Gasteiger partial charge in [-0.2, -0.15) is 0 Å². The summed E-state index contributed by atoms with van der Waals surface area (Å²) < 4.78 is 11.6. The molecule has 0 bridgehead atoms. The Morgan fingerprint density at radius 1 is 0.537 bits per heavy atom. The molecule has 18 N–H and O–H groups in total. The lowest BCUT2D eigenvalue weighted by atomic mass is 10.0. The van der Waals surface area contributed by atoms with Gasteiger partial charge in [0.15, 0.2) is 0 Å². The van der Waals surface area contributed by atoms with Gasteiger partial charge < -0.3 is 85.2 Å². The molecule has 0 aromatic heterocycles. The van der Waals surface area contributed by atoms with Crippen LogP contribution in [0.3, 0.4) is 0 Å². The van der Waals surface area contributed by atoms with Gasteiger partial charge in [-0.1, -0.05) is 0 Å². The number of carboxylic acids is 2. The maximum absolute atomic E-state index is 14.2. The smallest absolute Gasteiger partial charge is 0.303 e. The maximum Gasteiger partial charge on any atom is 0.303 e. The molecule has 0 fully saturated rings. The van der Waals surface area contributed by atoms with Gasteiger partial charge in [0, 0.05) is 37.1 Å².